The van der Waals surface area contributed by atoms with Crippen LogP contribution in [0.5, 0.6) is 0 Å². The van der Waals surface area contributed by atoms with Crippen LogP contribution in [0.3, 0.4) is 0 Å². The van der Waals surface area contributed by atoms with Gasteiger partial charge in [0.05, 0.1) is 6.20 Å². The zero-order valence-electron chi connectivity index (χ0n) is 12.6. The fraction of sp³-hybridized carbons (Fsp3) is 0.667. The van der Waals surface area contributed by atoms with Gasteiger partial charge in [0.1, 0.15) is 5.54 Å². The van der Waals surface area contributed by atoms with E-state index >= 15 is 0 Å². The van der Waals surface area contributed by atoms with Crippen LogP contribution < -0.4 is 5.32 Å². The zero-order valence-corrected chi connectivity index (χ0v) is 12.6. The highest BCUT2D eigenvalue weighted by Gasteiger charge is 2.47. The number of carbonyl (C=O) groups is 2. The molecule has 0 bridgehead atoms. The number of aromatic nitrogens is 2. The molecular formula is C15H22N4O2. The minimum absolute atomic E-state index is 0.00793. The second kappa shape index (κ2) is 5.16. The molecule has 6 heteroatoms. The van der Waals surface area contributed by atoms with Crippen molar-refractivity contribution in [1.29, 1.82) is 0 Å². The van der Waals surface area contributed by atoms with Gasteiger partial charge in [-0.3, -0.25) is 14.3 Å². The predicted molar refractivity (Wildman–Crippen MR) is 77.2 cm³/mol. The maximum Gasteiger partial charge on any atom is 0.248 e. The summed E-state index contributed by atoms with van der Waals surface area (Å²) in [4.78, 5) is 27.0. The molecule has 2 amide bonds. The molecule has 6 nitrogen and oxygen atoms in total. The molecule has 2 aliphatic rings. The maximum absolute atomic E-state index is 13.0. The normalized spacial score (nSPS) is 25.2. The number of hydrogen-bond donors (Lipinski definition) is 1. The number of aryl methyl sites for hydroxylation is 1. The van der Waals surface area contributed by atoms with Crippen LogP contribution in [0, 0.1) is 0 Å². The summed E-state index contributed by atoms with van der Waals surface area (Å²) in [6.45, 7) is 2.46. The summed E-state index contributed by atoms with van der Waals surface area (Å²) < 4.78 is 1.73. The lowest BCUT2D eigenvalue weighted by Crippen LogP contribution is -2.55. The first-order valence-corrected chi connectivity index (χ1v) is 7.60. The zero-order chi connectivity index (χ0) is 15.0. The molecule has 21 heavy (non-hydrogen) atoms. The summed E-state index contributed by atoms with van der Waals surface area (Å²) in [6.07, 6.45) is 7.58. The summed E-state index contributed by atoms with van der Waals surface area (Å²) in [5.41, 5.74) is 0.338. The highest BCUT2D eigenvalue weighted by Crippen LogP contribution is 2.34. The lowest BCUT2D eigenvalue weighted by atomic mass is 9.95. The Bertz CT molecular complexity index is 560. The first kappa shape index (κ1) is 14.1. The van der Waals surface area contributed by atoms with Crippen molar-refractivity contribution in [3.8, 4) is 0 Å². The molecule has 2 fully saturated rings. The third-order valence-electron chi connectivity index (χ3n) is 4.63. The van der Waals surface area contributed by atoms with Gasteiger partial charge in [-0.15, -0.1) is 0 Å². The van der Waals surface area contributed by atoms with E-state index in [1.165, 1.54) is 0 Å². The van der Waals surface area contributed by atoms with Crippen LogP contribution in [0.4, 0.5) is 0 Å². The quantitative estimate of drug-likeness (QED) is 0.882. The Morgan fingerprint density at radius 2 is 2.10 bits per heavy atom. The van der Waals surface area contributed by atoms with Crippen LogP contribution in [0.15, 0.2) is 12.4 Å². The third-order valence-corrected chi connectivity index (χ3v) is 4.63. The van der Waals surface area contributed by atoms with Gasteiger partial charge >= 0.3 is 0 Å². The van der Waals surface area contributed by atoms with Crippen molar-refractivity contribution in [2.24, 2.45) is 7.05 Å². The fourth-order valence-corrected chi connectivity index (χ4v) is 3.52. The minimum atomic E-state index is -0.663. The SMILES string of the molecule is CC1CC(=O)NC2(CCCC2)C(=O)N1Cc1cnn(C)c1. The Morgan fingerprint density at radius 3 is 2.71 bits per heavy atom. The van der Waals surface area contributed by atoms with E-state index in [0.717, 1.165) is 31.2 Å². The molecule has 114 valence electrons. The molecule has 1 aliphatic heterocycles. The number of nitrogens with zero attached hydrogens (tertiary/aromatic N) is 3. The molecule has 1 saturated heterocycles. The van der Waals surface area contributed by atoms with E-state index in [0.29, 0.717) is 13.0 Å². The molecule has 0 radical (unpaired) electrons. The average Bonchev–Trinajstić information content (AvgIpc) is 3.03. The smallest absolute Gasteiger partial charge is 0.248 e. The highest BCUT2D eigenvalue weighted by molar-refractivity contribution is 5.94. The van der Waals surface area contributed by atoms with Crippen LogP contribution in [0.1, 0.15) is 44.6 Å². The minimum Gasteiger partial charge on any atom is -0.342 e. The van der Waals surface area contributed by atoms with Crippen LogP contribution in [0.25, 0.3) is 0 Å². The molecule has 1 spiro atoms. The van der Waals surface area contributed by atoms with Gasteiger partial charge in [-0.1, -0.05) is 12.8 Å². The topological polar surface area (TPSA) is 67.2 Å². The Kier molecular flexibility index (Phi) is 3.47. The largest absolute Gasteiger partial charge is 0.342 e. The number of rotatable bonds is 2. The van der Waals surface area contributed by atoms with Crippen LogP contribution >= 0.6 is 0 Å². The van der Waals surface area contributed by atoms with Crippen molar-refractivity contribution in [1.82, 2.24) is 20.0 Å². The van der Waals surface area contributed by atoms with Gasteiger partial charge in [-0.05, 0) is 19.8 Å². The van der Waals surface area contributed by atoms with Gasteiger partial charge in [0.15, 0.2) is 0 Å². The first-order valence-electron chi connectivity index (χ1n) is 7.60. The monoisotopic (exact) mass is 290 g/mol. The molecule has 1 unspecified atom stereocenters. The second-order valence-electron chi connectivity index (χ2n) is 6.35. The van der Waals surface area contributed by atoms with Crippen molar-refractivity contribution >= 4 is 11.8 Å². The summed E-state index contributed by atoms with van der Waals surface area (Å²) >= 11 is 0. The molecule has 1 aromatic rings. The van der Waals surface area contributed by atoms with E-state index in [1.54, 1.807) is 10.9 Å². The number of carbonyl (C=O) groups excluding carboxylic acids is 2. The van der Waals surface area contributed by atoms with E-state index in [4.69, 9.17) is 0 Å². The van der Waals surface area contributed by atoms with Gasteiger partial charge in [-0.25, -0.2) is 0 Å². The molecule has 1 aliphatic carbocycles. The Hall–Kier alpha value is -1.85. The molecule has 1 saturated carbocycles. The Morgan fingerprint density at radius 1 is 1.38 bits per heavy atom. The van der Waals surface area contributed by atoms with Gasteiger partial charge in [0.2, 0.25) is 11.8 Å². The second-order valence-corrected chi connectivity index (χ2v) is 6.35. The number of nitrogens with one attached hydrogen (secondary N) is 1. The predicted octanol–water partition coefficient (Wildman–Crippen LogP) is 0.970. The van der Waals surface area contributed by atoms with Gasteiger partial charge in [0.25, 0.3) is 0 Å². The van der Waals surface area contributed by atoms with Crippen LogP contribution in [-0.2, 0) is 23.2 Å². The van der Waals surface area contributed by atoms with Crippen molar-refractivity contribution in [3.63, 3.8) is 0 Å². The van der Waals surface area contributed by atoms with Crippen LogP contribution in [0.2, 0.25) is 0 Å². The van der Waals surface area contributed by atoms with Gasteiger partial charge in [0, 0.05) is 37.8 Å². The summed E-state index contributed by atoms with van der Waals surface area (Å²) in [5, 5.41) is 7.16. The molecule has 1 aromatic heterocycles. The fourth-order valence-electron chi connectivity index (χ4n) is 3.52. The lowest BCUT2D eigenvalue weighted by molar-refractivity contribution is -0.140. The summed E-state index contributed by atoms with van der Waals surface area (Å²) in [6, 6.07) is -0.0855. The van der Waals surface area contributed by atoms with Crippen molar-refractivity contribution in [3.05, 3.63) is 18.0 Å². The average molecular weight is 290 g/mol. The number of hydrogen-bond acceptors (Lipinski definition) is 3. The molecule has 3 rings (SSSR count). The van der Waals surface area contributed by atoms with E-state index in [-0.39, 0.29) is 17.9 Å². The van der Waals surface area contributed by atoms with E-state index < -0.39 is 5.54 Å². The Labute approximate surface area is 124 Å². The van der Waals surface area contributed by atoms with Crippen LogP contribution in [-0.4, -0.2) is 38.1 Å². The lowest BCUT2D eigenvalue weighted by Gasteiger charge is -2.33. The number of amides is 2. The van der Waals surface area contributed by atoms with E-state index in [9.17, 15) is 9.59 Å². The van der Waals surface area contributed by atoms with E-state index in [2.05, 4.69) is 10.4 Å². The maximum atomic E-state index is 13.0. The van der Waals surface area contributed by atoms with Crippen molar-refractivity contribution < 1.29 is 9.59 Å². The highest BCUT2D eigenvalue weighted by atomic mass is 16.2. The molecule has 1 atom stereocenters. The molecule has 2 heterocycles. The summed E-state index contributed by atoms with van der Waals surface area (Å²) in [5.74, 6) is 0.0636. The van der Waals surface area contributed by atoms with Crippen molar-refractivity contribution in [2.75, 3.05) is 0 Å². The summed E-state index contributed by atoms with van der Waals surface area (Å²) in [7, 11) is 1.86. The molecule has 1 N–H and O–H groups in total. The molecular weight excluding hydrogens is 268 g/mol. The standard InChI is InChI=1S/C15H22N4O2/c1-11-7-13(20)17-15(5-3-4-6-15)14(21)19(11)10-12-8-16-18(2)9-12/h8-9,11H,3-7,10H2,1-2H3,(H,17,20). The van der Waals surface area contributed by atoms with Gasteiger partial charge in [-0.2, -0.15) is 5.10 Å². The molecule has 0 aromatic carbocycles. The van der Waals surface area contributed by atoms with E-state index in [1.807, 2.05) is 25.1 Å². The third kappa shape index (κ3) is 2.54. The first-order chi connectivity index (χ1) is 10.00. The van der Waals surface area contributed by atoms with Crippen molar-refractivity contribution in [2.45, 2.75) is 57.2 Å². The Balaban J connectivity index is 1.88. The van der Waals surface area contributed by atoms with Gasteiger partial charge < -0.3 is 10.2 Å².